The van der Waals surface area contributed by atoms with Crippen LogP contribution in [-0.2, 0) is 11.3 Å². The largest absolute Gasteiger partial charge is 0.465 e. The second kappa shape index (κ2) is 5.60. The van der Waals surface area contributed by atoms with Gasteiger partial charge in [0.15, 0.2) is 0 Å². The van der Waals surface area contributed by atoms with Crippen LogP contribution in [-0.4, -0.2) is 22.9 Å². The summed E-state index contributed by atoms with van der Waals surface area (Å²) in [7, 11) is 1.21. The van der Waals surface area contributed by atoms with Crippen molar-refractivity contribution in [2.24, 2.45) is 0 Å². The van der Waals surface area contributed by atoms with Crippen LogP contribution in [0.2, 0.25) is 0 Å². The van der Waals surface area contributed by atoms with Crippen LogP contribution in [0, 0.1) is 0 Å². The van der Waals surface area contributed by atoms with Crippen molar-refractivity contribution in [3.63, 3.8) is 0 Å². The fraction of sp³-hybridized carbons (Fsp3) is 0.231. The maximum Gasteiger partial charge on any atom is 0.337 e. The highest BCUT2D eigenvalue weighted by molar-refractivity contribution is 5.89. The predicted molar refractivity (Wildman–Crippen MR) is 64.1 cm³/mol. The average Bonchev–Trinajstić information content (AvgIpc) is 2.91. The molecule has 2 rings (SSSR count). The highest BCUT2D eigenvalue weighted by Gasteiger charge is 2.16. The van der Waals surface area contributed by atoms with Gasteiger partial charge in [0.2, 0.25) is 0 Å². The summed E-state index contributed by atoms with van der Waals surface area (Å²) in [6, 6.07) is 5.84. The molecule has 0 aliphatic heterocycles. The Balaban J connectivity index is 2.35. The molecule has 0 aliphatic carbocycles. The molecule has 0 spiro atoms. The third-order valence-electron chi connectivity index (χ3n) is 2.69. The Morgan fingerprint density at radius 2 is 2.26 bits per heavy atom. The van der Waals surface area contributed by atoms with Crippen molar-refractivity contribution in [1.82, 2.24) is 9.78 Å². The first-order valence-electron chi connectivity index (χ1n) is 5.58. The lowest BCUT2D eigenvalue weighted by molar-refractivity contribution is 0.0600. The van der Waals surface area contributed by atoms with Crippen molar-refractivity contribution in [3.8, 4) is 0 Å². The van der Waals surface area contributed by atoms with Crippen molar-refractivity contribution >= 4 is 5.97 Å². The number of nitrogens with zero attached hydrogens (tertiary/aromatic N) is 2. The molecule has 0 unspecified atom stereocenters. The molecule has 0 saturated heterocycles. The van der Waals surface area contributed by atoms with Gasteiger partial charge in [0.1, 0.15) is 0 Å². The fourth-order valence-electron chi connectivity index (χ4n) is 1.76. The van der Waals surface area contributed by atoms with Crippen LogP contribution in [0.1, 0.15) is 27.9 Å². The minimum absolute atomic E-state index is 0.113. The van der Waals surface area contributed by atoms with Crippen LogP contribution in [0.15, 0.2) is 36.7 Å². The quantitative estimate of drug-likeness (QED) is 0.799. The minimum atomic E-state index is -2.66. The molecule has 0 saturated carbocycles. The van der Waals surface area contributed by atoms with Gasteiger partial charge in [0.25, 0.3) is 6.43 Å². The molecular weight excluding hydrogens is 254 g/mol. The first kappa shape index (κ1) is 13.2. The van der Waals surface area contributed by atoms with Crippen LogP contribution in [0.25, 0.3) is 0 Å². The number of ether oxygens (including phenoxy) is 1. The third-order valence-corrected chi connectivity index (χ3v) is 2.69. The molecule has 1 heterocycles. The van der Waals surface area contributed by atoms with Gasteiger partial charge in [-0.25, -0.2) is 13.6 Å². The summed E-state index contributed by atoms with van der Waals surface area (Å²) < 4.78 is 32.1. The van der Waals surface area contributed by atoms with Crippen LogP contribution in [0.3, 0.4) is 0 Å². The van der Waals surface area contributed by atoms with E-state index in [0.717, 1.165) is 6.07 Å². The standard InChI is InChI=1S/C13H12F2N2O2/c1-19-13(18)9-3-4-10(11(7-9)12(14)15)8-17-6-2-5-16-17/h2-7,12H,8H2,1H3. The van der Waals surface area contributed by atoms with Crippen LogP contribution in [0.5, 0.6) is 0 Å². The smallest absolute Gasteiger partial charge is 0.337 e. The molecule has 0 radical (unpaired) electrons. The molecule has 1 aromatic heterocycles. The van der Waals surface area contributed by atoms with E-state index in [1.54, 1.807) is 23.1 Å². The van der Waals surface area contributed by atoms with Gasteiger partial charge < -0.3 is 4.74 Å². The van der Waals surface area contributed by atoms with Gasteiger partial charge in [-0.3, -0.25) is 4.68 Å². The van der Waals surface area contributed by atoms with Crippen molar-refractivity contribution in [3.05, 3.63) is 53.3 Å². The summed E-state index contributed by atoms with van der Waals surface area (Å²) in [6.07, 6.45) is 0.601. The highest BCUT2D eigenvalue weighted by Crippen LogP contribution is 2.25. The van der Waals surface area contributed by atoms with Gasteiger partial charge in [-0.2, -0.15) is 5.10 Å². The summed E-state index contributed by atoms with van der Waals surface area (Å²) in [6.45, 7) is 0.230. The summed E-state index contributed by atoms with van der Waals surface area (Å²) in [4.78, 5) is 11.3. The van der Waals surface area contributed by atoms with E-state index in [1.807, 2.05) is 0 Å². The molecule has 19 heavy (non-hydrogen) atoms. The van der Waals surface area contributed by atoms with Gasteiger partial charge in [-0.1, -0.05) is 6.07 Å². The Kier molecular flexibility index (Phi) is 3.89. The van der Waals surface area contributed by atoms with Gasteiger partial charge >= 0.3 is 5.97 Å². The normalized spacial score (nSPS) is 10.7. The maximum atomic E-state index is 13.0. The van der Waals surface area contributed by atoms with E-state index in [9.17, 15) is 13.6 Å². The van der Waals surface area contributed by atoms with E-state index in [2.05, 4.69) is 9.84 Å². The molecule has 0 amide bonds. The Morgan fingerprint density at radius 3 is 2.84 bits per heavy atom. The molecule has 0 atom stereocenters. The number of benzene rings is 1. The molecule has 0 N–H and O–H groups in total. The SMILES string of the molecule is COC(=O)c1ccc(Cn2cccn2)c(C(F)F)c1. The number of carbonyl (C=O) groups excluding carboxylic acids is 1. The van der Waals surface area contributed by atoms with Gasteiger partial charge in [0.05, 0.1) is 19.2 Å². The number of carbonyl (C=O) groups is 1. The molecule has 4 nitrogen and oxygen atoms in total. The van der Waals surface area contributed by atoms with Crippen molar-refractivity contribution in [2.45, 2.75) is 13.0 Å². The number of alkyl halides is 2. The first-order chi connectivity index (χ1) is 9.11. The number of methoxy groups -OCH3 is 1. The van der Waals surface area contributed by atoms with Gasteiger partial charge in [-0.05, 0) is 23.8 Å². The summed E-state index contributed by atoms with van der Waals surface area (Å²) in [5.41, 5.74) is 0.353. The predicted octanol–water partition coefficient (Wildman–Crippen LogP) is 2.66. The topological polar surface area (TPSA) is 44.1 Å². The van der Waals surface area contributed by atoms with Crippen molar-refractivity contribution in [1.29, 1.82) is 0 Å². The van der Waals surface area contributed by atoms with E-state index in [-0.39, 0.29) is 17.7 Å². The fourth-order valence-corrected chi connectivity index (χ4v) is 1.76. The lowest BCUT2D eigenvalue weighted by Gasteiger charge is -2.10. The van der Waals surface area contributed by atoms with Gasteiger partial charge in [0, 0.05) is 18.0 Å². The van der Waals surface area contributed by atoms with Crippen LogP contribution in [0.4, 0.5) is 8.78 Å². The number of aromatic nitrogens is 2. The zero-order valence-electron chi connectivity index (χ0n) is 10.2. The zero-order chi connectivity index (χ0) is 13.8. The zero-order valence-corrected chi connectivity index (χ0v) is 10.2. The molecule has 0 aliphatic rings. The van der Waals surface area contributed by atoms with E-state index in [1.165, 1.54) is 19.2 Å². The molecule has 6 heteroatoms. The summed E-state index contributed by atoms with van der Waals surface area (Å²) in [5.74, 6) is -0.632. The molecule has 0 fully saturated rings. The highest BCUT2D eigenvalue weighted by atomic mass is 19.3. The maximum absolute atomic E-state index is 13.0. The first-order valence-corrected chi connectivity index (χ1v) is 5.58. The van der Waals surface area contributed by atoms with Crippen molar-refractivity contribution < 1.29 is 18.3 Å². The Bertz CT molecular complexity index is 568. The molecule has 0 bridgehead atoms. The summed E-state index contributed by atoms with van der Waals surface area (Å²) >= 11 is 0. The van der Waals surface area contributed by atoms with Crippen LogP contribution < -0.4 is 0 Å². The Labute approximate surface area is 108 Å². The molecular formula is C13H12F2N2O2. The van der Waals surface area contributed by atoms with E-state index < -0.39 is 12.4 Å². The van der Waals surface area contributed by atoms with E-state index >= 15 is 0 Å². The van der Waals surface area contributed by atoms with Crippen molar-refractivity contribution in [2.75, 3.05) is 7.11 Å². The number of hydrogen-bond donors (Lipinski definition) is 0. The number of esters is 1. The number of rotatable bonds is 4. The molecule has 100 valence electrons. The lowest BCUT2D eigenvalue weighted by atomic mass is 10.0. The number of halogens is 2. The lowest BCUT2D eigenvalue weighted by Crippen LogP contribution is -2.07. The summed E-state index contributed by atoms with van der Waals surface area (Å²) in [5, 5.41) is 3.97. The third kappa shape index (κ3) is 2.96. The Hall–Kier alpha value is -2.24. The second-order valence-electron chi connectivity index (χ2n) is 3.91. The second-order valence-corrected chi connectivity index (χ2v) is 3.91. The van der Waals surface area contributed by atoms with Crippen LogP contribution >= 0.6 is 0 Å². The Morgan fingerprint density at radius 1 is 1.47 bits per heavy atom. The molecule has 1 aromatic carbocycles. The minimum Gasteiger partial charge on any atom is -0.465 e. The van der Waals surface area contributed by atoms with E-state index in [4.69, 9.17) is 0 Å². The number of hydrogen-bond acceptors (Lipinski definition) is 3. The molecule has 2 aromatic rings. The van der Waals surface area contributed by atoms with Gasteiger partial charge in [-0.15, -0.1) is 0 Å². The van der Waals surface area contributed by atoms with E-state index in [0.29, 0.717) is 5.56 Å². The monoisotopic (exact) mass is 266 g/mol. The average molecular weight is 266 g/mol.